The van der Waals surface area contributed by atoms with Crippen LogP contribution in [0.2, 0.25) is 0 Å². The van der Waals surface area contributed by atoms with E-state index in [1.54, 1.807) is 0 Å². The first kappa shape index (κ1) is 13.8. The van der Waals surface area contributed by atoms with Crippen LogP contribution in [0.4, 0.5) is 18.9 Å². The summed E-state index contributed by atoms with van der Waals surface area (Å²) in [6.07, 6.45) is -3.84. The summed E-state index contributed by atoms with van der Waals surface area (Å²) in [6, 6.07) is 2.69. The number of furan rings is 1. The molecule has 0 N–H and O–H groups in total. The van der Waals surface area contributed by atoms with Crippen LogP contribution in [0.1, 0.15) is 22.0 Å². The lowest BCUT2D eigenvalue weighted by atomic mass is 10.4. The highest BCUT2D eigenvalue weighted by atomic mass is 19.4. The van der Waals surface area contributed by atoms with Gasteiger partial charge >= 0.3 is 11.9 Å². The molecule has 0 aromatic carbocycles. The van der Waals surface area contributed by atoms with E-state index in [2.05, 4.69) is 5.10 Å². The summed E-state index contributed by atoms with van der Waals surface area (Å²) in [6.45, 7) is -0.259. The van der Waals surface area contributed by atoms with Gasteiger partial charge in [-0.1, -0.05) is 0 Å². The highest BCUT2D eigenvalue weighted by molar-refractivity contribution is 5.70. The zero-order valence-electron chi connectivity index (χ0n) is 9.63. The minimum atomic E-state index is -4.93. The number of aldehydes is 1. The second-order valence-electron chi connectivity index (χ2n) is 3.74. The smallest absolute Gasteiger partial charge is 0.442 e. The molecule has 0 amide bonds. The van der Waals surface area contributed by atoms with Gasteiger partial charge in [-0.2, -0.15) is 18.3 Å². The van der Waals surface area contributed by atoms with E-state index in [1.807, 2.05) is 0 Å². The minimum Gasteiger partial charge on any atom is -0.456 e. The lowest BCUT2D eigenvalue weighted by Crippen LogP contribution is -2.10. The molecule has 0 fully saturated rings. The van der Waals surface area contributed by atoms with Crippen LogP contribution in [0.3, 0.4) is 0 Å². The molecule has 0 radical (unpaired) electrons. The van der Waals surface area contributed by atoms with Crippen LogP contribution in [0, 0.1) is 10.1 Å². The SMILES string of the molecule is O=Cc1ccc(Cn2cc([N+](=O)[O-])c(C(F)(F)F)n2)o1. The number of nitrogens with zero attached hydrogens (tertiary/aromatic N) is 3. The average Bonchev–Trinajstić information content (AvgIpc) is 2.95. The molecule has 0 atom stereocenters. The first-order valence-electron chi connectivity index (χ1n) is 5.14. The predicted octanol–water partition coefficient (Wildman–Crippen LogP) is 2.26. The third kappa shape index (κ3) is 2.68. The summed E-state index contributed by atoms with van der Waals surface area (Å²) in [5.41, 5.74) is -2.72. The number of alkyl halides is 3. The standard InChI is InChI=1S/C10H6F3N3O4/c11-10(12,13)9-8(16(18)19)4-15(14-9)3-6-1-2-7(5-17)20-6/h1-2,4-5H,3H2. The minimum absolute atomic E-state index is 0.00213. The molecular formula is C10H6F3N3O4. The van der Waals surface area contributed by atoms with E-state index in [0.29, 0.717) is 12.5 Å². The first-order valence-corrected chi connectivity index (χ1v) is 5.14. The Morgan fingerprint density at radius 2 is 2.15 bits per heavy atom. The Kier molecular flexibility index (Phi) is 3.30. The largest absolute Gasteiger partial charge is 0.456 e. The van der Waals surface area contributed by atoms with Crippen LogP contribution in [0.5, 0.6) is 0 Å². The van der Waals surface area contributed by atoms with E-state index in [0.717, 1.165) is 4.68 Å². The molecule has 20 heavy (non-hydrogen) atoms. The number of hydrogen-bond acceptors (Lipinski definition) is 5. The lowest BCUT2D eigenvalue weighted by Gasteiger charge is -2.00. The van der Waals surface area contributed by atoms with Crippen molar-refractivity contribution in [3.63, 3.8) is 0 Å². The zero-order valence-corrected chi connectivity index (χ0v) is 9.63. The molecule has 0 spiro atoms. The highest BCUT2D eigenvalue weighted by Gasteiger charge is 2.42. The Morgan fingerprint density at radius 1 is 1.45 bits per heavy atom. The molecule has 0 aliphatic carbocycles. The Hall–Kier alpha value is -2.65. The van der Waals surface area contributed by atoms with Crippen molar-refractivity contribution in [2.75, 3.05) is 0 Å². The van der Waals surface area contributed by atoms with Crippen LogP contribution in [-0.4, -0.2) is 21.0 Å². The van der Waals surface area contributed by atoms with E-state index >= 15 is 0 Å². The summed E-state index contributed by atoms with van der Waals surface area (Å²) >= 11 is 0. The number of nitro groups is 1. The van der Waals surface area contributed by atoms with Crippen molar-refractivity contribution in [2.45, 2.75) is 12.7 Å². The van der Waals surface area contributed by atoms with E-state index in [-0.39, 0.29) is 18.1 Å². The maximum Gasteiger partial charge on any atom is 0.442 e. The topological polar surface area (TPSA) is 91.2 Å². The van der Waals surface area contributed by atoms with Gasteiger partial charge in [-0.05, 0) is 12.1 Å². The van der Waals surface area contributed by atoms with E-state index in [1.165, 1.54) is 12.1 Å². The maximum atomic E-state index is 12.6. The van der Waals surface area contributed by atoms with Gasteiger partial charge < -0.3 is 4.42 Å². The number of rotatable bonds is 4. The molecular weight excluding hydrogens is 283 g/mol. The monoisotopic (exact) mass is 289 g/mol. The summed E-state index contributed by atoms with van der Waals surface area (Å²) in [7, 11) is 0. The van der Waals surface area contributed by atoms with Crippen molar-refractivity contribution in [1.82, 2.24) is 9.78 Å². The molecule has 2 rings (SSSR count). The summed E-state index contributed by atoms with van der Waals surface area (Å²) in [5.74, 6) is 0.149. The van der Waals surface area contributed by atoms with Gasteiger partial charge in [-0.3, -0.25) is 19.6 Å². The van der Waals surface area contributed by atoms with Crippen LogP contribution in [-0.2, 0) is 12.7 Å². The fraction of sp³-hybridized carbons (Fsp3) is 0.200. The van der Waals surface area contributed by atoms with Gasteiger partial charge in [0, 0.05) is 0 Å². The molecule has 0 aliphatic rings. The lowest BCUT2D eigenvalue weighted by molar-refractivity contribution is -0.388. The van der Waals surface area contributed by atoms with Gasteiger partial charge in [0.1, 0.15) is 12.0 Å². The fourth-order valence-corrected chi connectivity index (χ4v) is 1.53. The summed E-state index contributed by atoms with van der Waals surface area (Å²) in [4.78, 5) is 19.8. The highest BCUT2D eigenvalue weighted by Crippen LogP contribution is 2.34. The van der Waals surface area contributed by atoms with Gasteiger partial charge in [0.15, 0.2) is 12.0 Å². The fourth-order valence-electron chi connectivity index (χ4n) is 1.53. The van der Waals surface area contributed by atoms with Crippen LogP contribution in [0.25, 0.3) is 0 Å². The van der Waals surface area contributed by atoms with Gasteiger partial charge in [-0.15, -0.1) is 0 Å². The third-order valence-corrected chi connectivity index (χ3v) is 2.32. The molecule has 0 unspecified atom stereocenters. The maximum absolute atomic E-state index is 12.6. The Bertz CT molecular complexity index is 659. The van der Waals surface area contributed by atoms with Crippen molar-refractivity contribution in [3.05, 3.63) is 45.7 Å². The van der Waals surface area contributed by atoms with Crippen LogP contribution in [0.15, 0.2) is 22.7 Å². The molecule has 2 aromatic heterocycles. The first-order chi connectivity index (χ1) is 9.31. The Morgan fingerprint density at radius 3 is 2.60 bits per heavy atom. The molecule has 10 heteroatoms. The molecule has 2 heterocycles. The van der Waals surface area contributed by atoms with E-state index in [4.69, 9.17) is 4.42 Å². The van der Waals surface area contributed by atoms with Crippen molar-refractivity contribution in [1.29, 1.82) is 0 Å². The van der Waals surface area contributed by atoms with Crippen molar-refractivity contribution >= 4 is 12.0 Å². The second-order valence-corrected chi connectivity index (χ2v) is 3.74. The molecule has 7 nitrogen and oxygen atoms in total. The molecule has 2 aromatic rings. The van der Waals surface area contributed by atoms with Crippen molar-refractivity contribution in [3.8, 4) is 0 Å². The number of aromatic nitrogens is 2. The molecule has 0 bridgehead atoms. The van der Waals surface area contributed by atoms with Gasteiger partial charge in [-0.25, -0.2) is 0 Å². The Balaban J connectivity index is 2.33. The number of carbonyl (C=O) groups excluding carboxylic acids is 1. The van der Waals surface area contributed by atoms with Gasteiger partial charge in [0.2, 0.25) is 5.69 Å². The quantitative estimate of drug-likeness (QED) is 0.489. The van der Waals surface area contributed by atoms with Crippen LogP contribution >= 0.6 is 0 Å². The second kappa shape index (κ2) is 4.79. The molecule has 0 saturated heterocycles. The van der Waals surface area contributed by atoms with Gasteiger partial charge in [0.05, 0.1) is 11.5 Å². The van der Waals surface area contributed by atoms with Crippen LogP contribution < -0.4 is 0 Å². The van der Waals surface area contributed by atoms with E-state index < -0.39 is 22.5 Å². The van der Waals surface area contributed by atoms with Gasteiger partial charge in [0.25, 0.3) is 0 Å². The molecule has 0 saturated carbocycles. The summed E-state index contributed by atoms with van der Waals surface area (Å²) < 4.78 is 43.4. The third-order valence-electron chi connectivity index (χ3n) is 2.32. The van der Waals surface area contributed by atoms with Crippen molar-refractivity contribution < 1.29 is 27.3 Å². The number of halogens is 3. The zero-order chi connectivity index (χ0) is 14.9. The average molecular weight is 289 g/mol. The van der Waals surface area contributed by atoms with Crippen molar-refractivity contribution in [2.24, 2.45) is 0 Å². The molecule has 0 aliphatic heterocycles. The van der Waals surface area contributed by atoms with E-state index in [9.17, 15) is 28.1 Å². The summed E-state index contributed by atoms with van der Waals surface area (Å²) in [5, 5.41) is 13.7. The normalized spacial score (nSPS) is 11.6. The Labute approximate surface area is 108 Å². The number of carbonyl (C=O) groups is 1. The number of hydrogen-bond donors (Lipinski definition) is 0. The predicted molar refractivity (Wildman–Crippen MR) is 57.1 cm³/mol. The molecule has 106 valence electrons.